The Labute approximate surface area is 138 Å². The van der Waals surface area contributed by atoms with Crippen LogP contribution in [-0.4, -0.2) is 20.9 Å². The summed E-state index contributed by atoms with van der Waals surface area (Å²) in [5, 5.41) is 2.95. The van der Waals surface area contributed by atoms with E-state index in [1.165, 1.54) is 17.4 Å². The van der Waals surface area contributed by atoms with Gasteiger partial charge in [0.2, 0.25) is 5.91 Å². The second-order valence-corrected chi connectivity index (χ2v) is 8.00. The molecule has 0 aliphatic rings. The summed E-state index contributed by atoms with van der Waals surface area (Å²) in [5.41, 5.74) is 0.442. The van der Waals surface area contributed by atoms with Crippen LogP contribution >= 0.6 is 22.9 Å². The lowest BCUT2D eigenvalue weighted by Crippen LogP contribution is -2.32. The number of thiophene rings is 1. The number of para-hydroxylation sites is 1. The molecule has 0 aliphatic heterocycles. The minimum Gasteiger partial charge on any atom is -0.324 e. The molecule has 5 nitrogen and oxygen atoms in total. The first-order valence-corrected chi connectivity index (χ1v) is 9.23. The van der Waals surface area contributed by atoms with Gasteiger partial charge < -0.3 is 5.32 Å². The molecule has 8 heteroatoms. The number of aryl methyl sites for hydroxylation is 1. The predicted molar refractivity (Wildman–Crippen MR) is 89.0 cm³/mol. The Morgan fingerprint density at radius 1 is 1.23 bits per heavy atom. The van der Waals surface area contributed by atoms with Crippen molar-refractivity contribution < 1.29 is 13.2 Å². The molecule has 2 N–H and O–H groups in total. The first-order chi connectivity index (χ1) is 10.4. The standard InChI is InChI=1S/C14H15ClN2O3S2/c1-2-10-7-8-14(21-10)22(19,20)16-9-13(18)17-12-6-4-3-5-11(12)15/h3-8,16H,2,9H2,1H3,(H,17,18). The van der Waals surface area contributed by atoms with Gasteiger partial charge in [-0.15, -0.1) is 11.3 Å². The zero-order valence-corrected chi connectivity index (χ0v) is 14.2. The number of sulfonamides is 1. The molecule has 22 heavy (non-hydrogen) atoms. The highest BCUT2D eigenvalue weighted by Crippen LogP contribution is 2.22. The molecule has 0 unspecified atom stereocenters. The Balaban J connectivity index is 1.97. The molecule has 0 spiro atoms. The van der Waals surface area contributed by atoms with Crippen molar-refractivity contribution in [3.05, 3.63) is 46.3 Å². The number of amides is 1. The molecular weight excluding hydrogens is 344 g/mol. The third kappa shape index (κ3) is 4.30. The van der Waals surface area contributed by atoms with Crippen molar-refractivity contribution in [2.45, 2.75) is 17.6 Å². The summed E-state index contributed by atoms with van der Waals surface area (Å²) in [6.07, 6.45) is 0.771. The highest BCUT2D eigenvalue weighted by Gasteiger charge is 2.18. The first-order valence-electron chi connectivity index (χ1n) is 6.55. The van der Waals surface area contributed by atoms with Crippen LogP contribution in [0.4, 0.5) is 5.69 Å². The van der Waals surface area contributed by atoms with E-state index < -0.39 is 15.9 Å². The first kappa shape index (κ1) is 17.0. The average molecular weight is 359 g/mol. The van der Waals surface area contributed by atoms with Crippen molar-refractivity contribution in [2.24, 2.45) is 0 Å². The van der Waals surface area contributed by atoms with Gasteiger partial charge in [-0.1, -0.05) is 30.7 Å². The van der Waals surface area contributed by atoms with E-state index in [9.17, 15) is 13.2 Å². The molecule has 1 heterocycles. The number of nitrogens with one attached hydrogen (secondary N) is 2. The van der Waals surface area contributed by atoms with Crippen molar-refractivity contribution in [3.63, 3.8) is 0 Å². The normalized spacial score (nSPS) is 11.4. The lowest BCUT2D eigenvalue weighted by atomic mass is 10.3. The number of benzene rings is 1. The molecule has 0 fully saturated rings. The minimum absolute atomic E-state index is 0.204. The van der Waals surface area contributed by atoms with Gasteiger partial charge in [0.05, 0.1) is 17.3 Å². The van der Waals surface area contributed by atoms with Crippen LogP contribution in [-0.2, 0) is 21.2 Å². The number of halogens is 1. The van der Waals surface area contributed by atoms with Crippen LogP contribution in [0.3, 0.4) is 0 Å². The third-order valence-corrected chi connectivity index (χ3v) is 6.27. The van der Waals surface area contributed by atoms with Crippen LogP contribution in [0, 0.1) is 0 Å². The maximum Gasteiger partial charge on any atom is 0.250 e. The number of hydrogen-bond donors (Lipinski definition) is 2. The van der Waals surface area contributed by atoms with Crippen LogP contribution in [0.1, 0.15) is 11.8 Å². The van der Waals surface area contributed by atoms with Gasteiger partial charge >= 0.3 is 0 Å². The third-order valence-electron chi connectivity index (χ3n) is 2.82. The molecule has 1 aromatic carbocycles. The van der Waals surface area contributed by atoms with Gasteiger partial charge in [0.15, 0.2) is 0 Å². The summed E-state index contributed by atoms with van der Waals surface area (Å²) in [7, 11) is -3.67. The maximum absolute atomic E-state index is 12.1. The summed E-state index contributed by atoms with van der Waals surface area (Å²) in [6.45, 7) is 1.60. The molecule has 0 saturated carbocycles. The van der Waals surface area contributed by atoms with Crippen molar-refractivity contribution in [3.8, 4) is 0 Å². The van der Waals surface area contributed by atoms with Crippen molar-refractivity contribution in [2.75, 3.05) is 11.9 Å². The van der Waals surface area contributed by atoms with E-state index in [-0.39, 0.29) is 10.8 Å². The molecule has 2 rings (SSSR count). The van der Waals surface area contributed by atoms with Gasteiger partial charge in [0, 0.05) is 4.88 Å². The topological polar surface area (TPSA) is 75.3 Å². The summed E-state index contributed by atoms with van der Waals surface area (Å²) in [5.74, 6) is -0.482. The zero-order valence-electron chi connectivity index (χ0n) is 11.8. The summed E-state index contributed by atoms with van der Waals surface area (Å²) < 4.78 is 26.6. The second-order valence-electron chi connectivity index (χ2n) is 4.43. The molecule has 0 aliphatic carbocycles. The van der Waals surface area contributed by atoms with E-state index >= 15 is 0 Å². The number of anilines is 1. The fourth-order valence-electron chi connectivity index (χ4n) is 1.68. The van der Waals surface area contributed by atoms with Gasteiger partial charge in [-0.3, -0.25) is 4.79 Å². The molecular formula is C14H15ClN2O3S2. The smallest absolute Gasteiger partial charge is 0.250 e. The predicted octanol–water partition coefficient (Wildman–Crippen LogP) is 2.88. The van der Waals surface area contributed by atoms with E-state index in [2.05, 4.69) is 10.0 Å². The van der Waals surface area contributed by atoms with Crippen LogP contribution in [0.2, 0.25) is 5.02 Å². The largest absolute Gasteiger partial charge is 0.324 e. The maximum atomic E-state index is 12.1. The molecule has 1 aromatic heterocycles. The van der Waals surface area contributed by atoms with E-state index in [0.717, 1.165) is 11.3 Å². The van der Waals surface area contributed by atoms with E-state index in [0.29, 0.717) is 10.7 Å². The van der Waals surface area contributed by atoms with Crippen LogP contribution in [0.25, 0.3) is 0 Å². The van der Waals surface area contributed by atoms with Gasteiger partial charge in [-0.25, -0.2) is 13.1 Å². The summed E-state index contributed by atoms with van der Waals surface area (Å²) >= 11 is 7.12. The van der Waals surface area contributed by atoms with Crippen LogP contribution in [0.15, 0.2) is 40.6 Å². The fourth-order valence-corrected chi connectivity index (χ4v) is 4.19. The lowest BCUT2D eigenvalue weighted by Gasteiger charge is -2.08. The van der Waals surface area contributed by atoms with Crippen LogP contribution < -0.4 is 10.0 Å². The molecule has 0 saturated heterocycles. The average Bonchev–Trinajstić information content (AvgIpc) is 2.98. The molecule has 118 valence electrons. The fraction of sp³-hybridized carbons (Fsp3) is 0.214. The van der Waals surface area contributed by atoms with Crippen molar-refractivity contribution >= 4 is 44.6 Å². The summed E-state index contributed by atoms with van der Waals surface area (Å²) in [4.78, 5) is 12.8. The summed E-state index contributed by atoms with van der Waals surface area (Å²) in [6, 6.07) is 10.0. The van der Waals surface area contributed by atoms with Crippen molar-refractivity contribution in [1.29, 1.82) is 0 Å². The molecule has 2 aromatic rings. The highest BCUT2D eigenvalue weighted by atomic mass is 35.5. The quantitative estimate of drug-likeness (QED) is 0.833. The number of carbonyl (C=O) groups is 1. The Kier molecular flexibility index (Phi) is 5.57. The molecule has 1 amide bonds. The molecule has 0 atom stereocenters. The Morgan fingerprint density at radius 3 is 2.59 bits per heavy atom. The van der Waals surface area contributed by atoms with Gasteiger partial charge in [-0.2, -0.15) is 0 Å². The number of hydrogen-bond acceptors (Lipinski definition) is 4. The van der Waals surface area contributed by atoms with Crippen molar-refractivity contribution in [1.82, 2.24) is 4.72 Å². The lowest BCUT2D eigenvalue weighted by molar-refractivity contribution is -0.115. The molecule has 0 bridgehead atoms. The van der Waals surface area contributed by atoms with Gasteiger partial charge in [0.25, 0.3) is 10.0 Å². The SMILES string of the molecule is CCc1ccc(S(=O)(=O)NCC(=O)Nc2ccccc2Cl)s1. The van der Waals surface area contributed by atoms with Gasteiger partial charge in [0.1, 0.15) is 4.21 Å². The Morgan fingerprint density at radius 2 is 1.95 bits per heavy atom. The Bertz CT molecular complexity index is 772. The second kappa shape index (κ2) is 7.23. The van der Waals surface area contributed by atoms with E-state index in [1.54, 1.807) is 30.3 Å². The number of rotatable bonds is 6. The highest BCUT2D eigenvalue weighted by molar-refractivity contribution is 7.91. The van der Waals surface area contributed by atoms with Gasteiger partial charge in [-0.05, 0) is 30.7 Å². The van der Waals surface area contributed by atoms with E-state index in [4.69, 9.17) is 11.6 Å². The minimum atomic E-state index is -3.67. The van der Waals surface area contributed by atoms with E-state index in [1.807, 2.05) is 6.92 Å². The Hall–Kier alpha value is -1.41. The molecule has 0 radical (unpaired) electrons. The monoisotopic (exact) mass is 358 g/mol. The number of carbonyl (C=O) groups excluding carboxylic acids is 1. The zero-order chi connectivity index (χ0) is 16.2. The van der Waals surface area contributed by atoms with Crippen LogP contribution in [0.5, 0.6) is 0 Å².